The van der Waals surface area contributed by atoms with E-state index in [-0.39, 0.29) is 11.9 Å². The maximum absolute atomic E-state index is 13.1. The molecule has 4 nitrogen and oxygen atoms in total. The maximum Gasteiger partial charge on any atom is 0.331 e. The fourth-order valence-corrected chi connectivity index (χ4v) is 1.70. The Kier molecular flexibility index (Phi) is 2.49. The molecule has 0 bridgehead atoms. The van der Waals surface area contributed by atoms with Crippen LogP contribution in [-0.4, -0.2) is 17.5 Å². The lowest BCUT2D eigenvalue weighted by atomic mass is 10.0. The summed E-state index contributed by atoms with van der Waals surface area (Å²) in [4.78, 5) is 12.3. The van der Waals surface area contributed by atoms with Gasteiger partial charge >= 0.3 is 6.03 Å². The molecule has 1 N–H and O–H groups in total. The van der Waals surface area contributed by atoms with E-state index >= 15 is 0 Å². The number of urea groups is 1. The number of nitrogens with one attached hydrogen (secondary N) is 1. The van der Waals surface area contributed by atoms with Crippen LogP contribution >= 0.6 is 0 Å². The largest absolute Gasteiger partial charge is 0.331 e. The molecule has 0 radical (unpaired) electrons. The van der Waals surface area contributed by atoms with E-state index in [9.17, 15) is 9.18 Å². The van der Waals surface area contributed by atoms with Gasteiger partial charge in [-0.25, -0.2) is 14.1 Å². The minimum Gasteiger partial charge on any atom is -0.328 e. The zero-order chi connectivity index (χ0) is 11.7. The third kappa shape index (κ3) is 1.70. The van der Waals surface area contributed by atoms with Gasteiger partial charge in [0.1, 0.15) is 5.82 Å². The number of aryl methyl sites for hydroxylation is 1. The lowest BCUT2D eigenvalue weighted by molar-refractivity contribution is 0.232. The summed E-state index contributed by atoms with van der Waals surface area (Å²) in [7, 11) is 0. The van der Waals surface area contributed by atoms with Crippen LogP contribution in [0.2, 0.25) is 0 Å². The normalized spacial score (nSPS) is 19.4. The fourth-order valence-electron chi connectivity index (χ4n) is 1.70. The molecule has 1 fully saturated rings. The van der Waals surface area contributed by atoms with Gasteiger partial charge in [-0.2, -0.15) is 5.26 Å². The summed E-state index contributed by atoms with van der Waals surface area (Å²) in [6.07, 6.45) is 1.79. The minimum atomic E-state index is -0.408. The molecule has 0 aromatic heterocycles. The highest BCUT2D eigenvalue weighted by Gasteiger charge is 2.29. The van der Waals surface area contributed by atoms with Gasteiger partial charge in [-0.3, -0.25) is 0 Å². The molecule has 1 saturated heterocycles. The number of hydrogen-bond acceptors (Lipinski definition) is 2. The number of hydrogen-bond donors (Lipinski definition) is 1. The van der Waals surface area contributed by atoms with E-state index < -0.39 is 6.03 Å². The van der Waals surface area contributed by atoms with E-state index in [0.29, 0.717) is 12.1 Å². The molecule has 16 heavy (non-hydrogen) atoms. The van der Waals surface area contributed by atoms with Crippen LogP contribution in [0.3, 0.4) is 0 Å². The van der Waals surface area contributed by atoms with Gasteiger partial charge in [0.2, 0.25) is 0 Å². The average Bonchev–Trinajstić information content (AvgIpc) is 2.64. The van der Waals surface area contributed by atoms with E-state index in [2.05, 4.69) is 5.32 Å². The lowest BCUT2D eigenvalue weighted by Crippen LogP contribution is -2.23. The van der Waals surface area contributed by atoms with Crippen molar-refractivity contribution in [3.63, 3.8) is 0 Å². The van der Waals surface area contributed by atoms with Crippen molar-refractivity contribution >= 4 is 6.03 Å². The van der Waals surface area contributed by atoms with Crippen molar-refractivity contribution in [1.82, 2.24) is 10.2 Å². The Labute approximate surface area is 92.3 Å². The molecule has 5 heteroatoms. The zero-order valence-electron chi connectivity index (χ0n) is 8.70. The first-order valence-electron chi connectivity index (χ1n) is 4.85. The van der Waals surface area contributed by atoms with Gasteiger partial charge in [0, 0.05) is 0 Å². The molecular weight excluding hydrogens is 209 g/mol. The third-order valence-electron chi connectivity index (χ3n) is 2.61. The molecule has 2 rings (SSSR count). The summed E-state index contributed by atoms with van der Waals surface area (Å²) < 4.78 is 13.1. The van der Waals surface area contributed by atoms with Crippen LogP contribution in [0.5, 0.6) is 0 Å². The third-order valence-corrected chi connectivity index (χ3v) is 2.61. The van der Waals surface area contributed by atoms with E-state index in [1.54, 1.807) is 25.2 Å². The Balaban J connectivity index is 2.24. The number of nitrogens with zero attached hydrogens (tertiary/aromatic N) is 2. The van der Waals surface area contributed by atoms with Crippen molar-refractivity contribution in [3.05, 3.63) is 35.1 Å². The Bertz CT molecular complexity index is 481. The molecule has 2 amide bonds. The highest BCUT2D eigenvalue weighted by Crippen LogP contribution is 2.21. The first-order valence-corrected chi connectivity index (χ1v) is 4.85. The van der Waals surface area contributed by atoms with Crippen LogP contribution in [0.25, 0.3) is 0 Å². The monoisotopic (exact) mass is 219 g/mol. The molecule has 1 aliphatic heterocycles. The Morgan fingerprint density at radius 2 is 2.38 bits per heavy atom. The average molecular weight is 219 g/mol. The zero-order valence-corrected chi connectivity index (χ0v) is 8.70. The molecule has 1 aromatic carbocycles. The van der Waals surface area contributed by atoms with Gasteiger partial charge < -0.3 is 5.32 Å². The molecule has 1 atom stereocenters. The summed E-state index contributed by atoms with van der Waals surface area (Å²) in [6.45, 7) is 1.96. The van der Waals surface area contributed by atoms with Crippen molar-refractivity contribution < 1.29 is 9.18 Å². The van der Waals surface area contributed by atoms with Crippen molar-refractivity contribution in [3.8, 4) is 6.19 Å². The summed E-state index contributed by atoms with van der Waals surface area (Å²) in [5.74, 6) is -0.273. The standard InChI is InChI=1S/C11H10FN3O/c1-7-4-8(2-3-9(7)12)10-5-15(6-13)11(16)14-10/h2-4,10H,5H2,1H3,(H,14,16). The second-order valence-corrected chi connectivity index (χ2v) is 3.72. The molecule has 0 saturated carbocycles. The topological polar surface area (TPSA) is 56.1 Å². The Hall–Kier alpha value is -2.09. The van der Waals surface area contributed by atoms with Gasteiger partial charge in [0.25, 0.3) is 0 Å². The molecule has 0 aliphatic carbocycles. The molecule has 1 unspecified atom stereocenters. The molecule has 1 aliphatic rings. The number of carbonyl (C=O) groups excluding carboxylic acids is 1. The van der Waals surface area contributed by atoms with Gasteiger partial charge in [-0.1, -0.05) is 12.1 Å². The van der Waals surface area contributed by atoms with Crippen molar-refractivity contribution in [2.75, 3.05) is 6.54 Å². The molecule has 1 aromatic rings. The van der Waals surface area contributed by atoms with Crippen molar-refractivity contribution in [2.45, 2.75) is 13.0 Å². The molecular formula is C11H10FN3O. The minimum absolute atomic E-state index is 0.244. The predicted molar refractivity (Wildman–Crippen MR) is 54.7 cm³/mol. The van der Waals surface area contributed by atoms with Crippen LogP contribution in [0.1, 0.15) is 17.2 Å². The Morgan fingerprint density at radius 1 is 1.62 bits per heavy atom. The first kappa shape index (κ1) is 10.4. The number of halogens is 1. The van der Waals surface area contributed by atoms with Crippen molar-refractivity contribution in [2.24, 2.45) is 0 Å². The van der Waals surface area contributed by atoms with Gasteiger partial charge in [-0.05, 0) is 24.1 Å². The van der Waals surface area contributed by atoms with Crippen molar-refractivity contribution in [1.29, 1.82) is 5.26 Å². The van der Waals surface area contributed by atoms with E-state index in [0.717, 1.165) is 10.5 Å². The summed E-state index contributed by atoms with van der Waals surface area (Å²) in [6, 6.07) is 4.02. The van der Waals surface area contributed by atoms with Gasteiger partial charge in [-0.15, -0.1) is 0 Å². The van der Waals surface area contributed by atoms with Crippen LogP contribution < -0.4 is 5.32 Å². The van der Waals surface area contributed by atoms with E-state index in [1.165, 1.54) is 6.07 Å². The van der Waals surface area contributed by atoms with Gasteiger partial charge in [0.05, 0.1) is 12.6 Å². The van der Waals surface area contributed by atoms with Crippen LogP contribution in [-0.2, 0) is 0 Å². The maximum atomic E-state index is 13.1. The lowest BCUT2D eigenvalue weighted by Gasteiger charge is -2.09. The second-order valence-electron chi connectivity index (χ2n) is 3.72. The molecule has 82 valence electrons. The number of rotatable bonds is 1. The number of nitriles is 1. The van der Waals surface area contributed by atoms with Crippen LogP contribution in [0.15, 0.2) is 18.2 Å². The Morgan fingerprint density at radius 3 is 2.94 bits per heavy atom. The summed E-state index contributed by atoms with van der Waals surface area (Å²) in [5, 5.41) is 11.3. The highest BCUT2D eigenvalue weighted by atomic mass is 19.1. The summed E-state index contributed by atoms with van der Waals surface area (Å²) >= 11 is 0. The SMILES string of the molecule is Cc1cc(C2CN(C#N)C(=O)N2)ccc1F. The fraction of sp³-hybridized carbons (Fsp3) is 0.273. The van der Waals surface area contributed by atoms with E-state index in [1.807, 2.05) is 0 Å². The number of carbonyl (C=O) groups is 1. The number of benzene rings is 1. The second kappa shape index (κ2) is 3.81. The number of amides is 2. The predicted octanol–water partition coefficient (Wildman–Crippen LogP) is 1.68. The smallest absolute Gasteiger partial charge is 0.328 e. The quantitative estimate of drug-likeness (QED) is 0.730. The van der Waals surface area contributed by atoms with Crippen LogP contribution in [0.4, 0.5) is 9.18 Å². The molecule has 0 spiro atoms. The van der Waals surface area contributed by atoms with Gasteiger partial charge in [0.15, 0.2) is 6.19 Å². The van der Waals surface area contributed by atoms with Crippen LogP contribution in [0, 0.1) is 24.2 Å². The van der Waals surface area contributed by atoms with E-state index in [4.69, 9.17) is 5.26 Å². The first-order chi connectivity index (χ1) is 7.61. The summed E-state index contributed by atoms with van der Waals surface area (Å²) in [5.41, 5.74) is 1.34. The molecule has 1 heterocycles. The highest BCUT2D eigenvalue weighted by molar-refractivity contribution is 5.78.